The number of nitrogens with one attached hydrogen (secondary N) is 1. The maximum atomic E-state index is 12.5. The summed E-state index contributed by atoms with van der Waals surface area (Å²) in [5, 5.41) is 4.08. The maximum Gasteiger partial charge on any atom is 0.307 e. The molecule has 0 unspecified atom stereocenters. The van der Waals surface area contributed by atoms with E-state index in [9.17, 15) is 4.79 Å². The largest absolute Gasteiger partial charge is 0.493 e. The molecule has 8 nitrogen and oxygen atoms in total. The fourth-order valence-electron chi connectivity index (χ4n) is 3.93. The highest BCUT2D eigenvalue weighted by Crippen LogP contribution is 2.33. The Bertz CT molecular complexity index is 1410. The standard InChI is InChI=1S/C30H33N3O5/c1-20-10-11-21(2)33(20)23-12-14-24(15-13-23)36-19-25-16-17-27(37-25)29(34)32-31-18-22-8-7-9-26(35-6)28(22)38-30(3,4)5/h7-18H,19H2,1-6H3,(H,32,34). The highest BCUT2D eigenvalue weighted by Gasteiger charge is 2.18. The molecule has 0 saturated carbocycles. The van der Waals surface area contributed by atoms with Crippen LogP contribution in [0.4, 0.5) is 0 Å². The molecule has 0 aliphatic rings. The van der Waals surface area contributed by atoms with Crippen molar-refractivity contribution in [1.82, 2.24) is 9.99 Å². The average Bonchev–Trinajstić information content (AvgIpc) is 3.49. The van der Waals surface area contributed by atoms with Crippen molar-refractivity contribution in [2.75, 3.05) is 7.11 Å². The Hall–Kier alpha value is -4.46. The second-order valence-electron chi connectivity index (χ2n) is 9.79. The Labute approximate surface area is 222 Å². The first-order valence-electron chi connectivity index (χ1n) is 12.3. The van der Waals surface area contributed by atoms with Crippen LogP contribution in [0.25, 0.3) is 5.69 Å². The van der Waals surface area contributed by atoms with Gasteiger partial charge in [0.1, 0.15) is 23.7 Å². The van der Waals surface area contributed by atoms with Crippen LogP contribution in [-0.2, 0) is 6.61 Å². The SMILES string of the molecule is COc1cccc(C=NNC(=O)c2ccc(COc3ccc(-n4c(C)ccc4C)cc3)o2)c1OC(C)(C)C. The fourth-order valence-corrected chi connectivity index (χ4v) is 3.93. The number of aryl methyl sites for hydroxylation is 2. The van der Waals surface area contributed by atoms with Gasteiger partial charge < -0.3 is 23.2 Å². The number of ether oxygens (including phenoxy) is 3. The topological polar surface area (TPSA) is 87.2 Å². The Morgan fingerprint density at radius 3 is 2.37 bits per heavy atom. The first kappa shape index (κ1) is 26.6. The number of hydrogen-bond acceptors (Lipinski definition) is 6. The van der Waals surface area contributed by atoms with E-state index < -0.39 is 11.5 Å². The summed E-state index contributed by atoms with van der Waals surface area (Å²) >= 11 is 0. The molecule has 0 aliphatic carbocycles. The van der Waals surface area contributed by atoms with Crippen LogP contribution in [0.1, 0.15) is 54.0 Å². The number of nitrogens with zero attached hydrogens (tertiary/aromatic N) is 2. The van der Waals surface area contributed by atoms with Crippen LogP contribution in [-0.4, -0.2) is 29.4 Å². The Kier molecular flexibility index (Phi) is 7.90. The fraction of sp³-hybridized carbons (Fsp3) is 0.267. The van der Waals surface area contributed by atoms with E-state index in [0.29, 0.717) is 28.6 Å². The third-order valence-electron chi connectivity index (χ3n) is 5.64. The zero-order chi connectivity index (χ0) is 27.3. The van der Waals surface area contributed by atoms with Gasteiger partial charge in [-0.25, -0.2) is 5.43 Å². The van der Waals surface area contributed by atoms with Gasteiger partial charge in [0.05, 0.1) is 13.3 Å². The van der Waals surface area contributed by atoms with Crippen molar-refractivity contribution in [1.29, 1.82) is 0 Å². The molecule has 0 saturated heterocycles. The van der Waals surface area contributed by atoms with Gasteiger partial charge in [0, 0.05) is 22.6 Å². The molecule has 2 heterocycles. The van der Waals surface area contributed by atoms with Crippen molar-refractivity contribution in [3.63, 3.8) is 0 Å². The minimum Gasteiger partial charge on any atom is -0.493 e. The molecular weight excluding hydrogens is 482 g/mol. The summed E-state index contributed by atoms with van der Waals surface area (Å²) in [6.45, 7) is 10.2. The van der Waals surface area contributed by atoms with Crippen molar-refractivity contribution < 1.29 is 23.4 Å². The maximum absolute atomic E-state index is 12.5. The van der Waals surface area contributed by atoms with Gasteiger partial charge in [0.2, 0.25) is 0 Å². The number of para-hydroxylation sites is 1. The van der Waals surface area contributed by atoms with E-state index in [1.54, 1.807) is 19.2 Å². The van der Waals surface area contributed by atoms with E-state index in [-0.39, 0.29) is 12.4 Å². The highest BCUT2D eigenvalue weighted by atomic mass is 16.5. The van der Waals surface area contributed by atoms with Crippen molar-refractivity contribution in [3.05, 3.63) is 95.2 Å². The smallest absolute Gasteiger partial charge is 0.307 e. The van der Waals surface area contributed by atoms with E-state index in [0.717, 1.165) is 5.69 Å². The molecule has 1 N–H and O–H groups in total. The van der Waals surface area contributed by atoms with Crippen molar-refractivity contribution in [3.8, 4) is 22.9 Å². The summed E-state index contributed by atoms with van der Waals surface area (Å²) in [7, 11) is 1.58. The van der Waals surface area contributed by atoms with Gasteiger partial charge in [-0.3, -0.25) is 4.79 Å². The second-order valence-corrected chi connectivity index (χ2v) is 9.79. The van der Waals surface area contributed by atoms with Gasteiger partial charge in [-0.05, 0) is 95.3 Å². The van der Waals surface area contributed by atoms with Crippen LogP contribution < -0.4 is 19.6 Å². The lowest BCUT2D eigenvalue weighted by atomic mass is 10.1. The zero-order valence-electron chi connectivity index (χ0n) is 22.6. The minimum atomic E-state index is -0.476. The first-order valence-corrected chi connectivity index (χ1v) is 12.3. The summed E-state index contributed by atoms with van der Waals surface area (Å²) < 4.78 is 25.1. The van der Waals surface area contributed by atoms with Crippen LogP contribution in [0, 0.1) is 13.8 Å². The van der Waals surface area contributed by atoms with Gasteiger partial charge in [0.25, 0.3) is 0 Å². The van der Waals surface area contributed by atoms with E-state index in [4.69, 9.17) is 18.6 Å². The van der Waals surface area contributed by atoms with E-state index >= 15 is 0 Å². The quantitative estimate of drug-likeness (QED) is 0.211. The molecule has 1 amide bonds. The molecule has 0 spiro atoms. The summed E-state index contributed by atoms with van der Waals surface area (Å²) in [4.78, 5) is 12.5. The lowest BCUT2D eigenvalue weighted by Gasteiger charge is -2.24. The van der Waals surface area contributed by atoms with Gasteiger partial charge in [0.15, 0.2) is 17.3 Å². The van der Waals surface area contributed by atoms with E-state index in [1.807, 2.05) is 63.2 Å². The number of hydrogen-bond donors (Lipinski definition) is 1. The molecule has 4 aromatic rings. The normalized spacial score (nSPS) is 11.5. The number of aromatic nitrogens is 1. The molecule has 4 rings (SSSR count). The summed E-state index contributed by atoms with van der Waals surface area (Å²) in [5.74, 6) is 2.01. The second kappa shape index (κ2) is 11.3. The van der Waals surface area contributed by atoms with Crippen molar-refractivity contribution >= 4 is 12.1 Å². The number of amides is 1. The molecular formula is C30H33N3O5. The number of benzene rings is 2. The van der Waals surface area contributed by atoms with Gasteiger partial charge in [-0.15, -0.1) is 0 Å². The predicted octanol–water partition coefficient (Wildman–Crippen LogP) is 6.22. The molecule has 0 fully saturated rings. The summed E-state index contributed by atoms with van der Waals surface area (Å²) in [6, 6.07) is 20.8. The summed E-state index contributed by atoms with van der Waals surface area (Å²) in [5.41, 5.74) is 6.13. The highest BCUT2D eigenvalue weighted by molar-refractivity contribution is 5.93. The Morgan fingerprint density at radius 2 is 1.71 bits per heavy atom. The molecule has 2 aromatic heterocycles. The van der Waals surface area contributed by atoms with Gasteiger partial charge in [-0.1, -0.05) is 6.07 Å². The number of furan rings is 1. The first-order chi connectivity index (χ1) is 18.1. The number of hydrazone groups is 1. The van der Waals surface area contributed by atoms with Crippen LogP contribution in [0.3, 0.4) is 0 Å². The van der Waals surface area contributed by atoms with Crippen LogP contribution >= 0.6 is 0 Å². The number of carbonyl (C=O) groups excluding carboxylic acids is 1. The Morgan fingerprint density at radius 1 is 1.00 bits per heavy atom. The minimum absolute atomic E-state index is 0.131. The average molecular weight is 516 g/mol. The van der Waals surface area contributed by atoms with E-state index in [1.165, 1.54) is 17.6 Å². The Balaban J connectivity index is 1.35. The number of carbonyl (C=O) groups is 1. The lowest BCUT2D eigenvalue weighted by Crippen LogP contribution is -2.24. The monoisotopic (exact) mass is 515 g/mol. The van der Waals surface area contributed by atoms with E-state index in [2.05, 4.69) is 41.1 Å². The van der Waals surface area contributed by atoms with Gasteiger partial charge >= 0.3 is 5.91 Å². The zero-order valence-corrected chi connectivity index (χ0v) is 22.6. The molecule has 8 heteroatoms. The van der Waals surface area contributed by atoms with Crippen molar-refractivity contribution in [2.24, 2.45) is 5.10 Å². The van der Waals surface area contributed by atoms with Crippen LogP contribution in [0.5, 0.6) is 17.2 Å². The third kappa shape index (κ3) is 6.45. The van der Waals surface area contributed by atoms with Crippen LogP contribution in [0.15, 0.2) is 76.2 Å². The summed E-state index contributed by atoms with van der Waals surface area (Å²) in [6.07, 6.45) is 1.51. The molecule has 0 bridgehead atoms. The molecule has 38 heavy (non-hydrogen) atoms. The third-order valence-corrected chi connectivity index (χ3v) is 5.64. The predicted molar refractivity (Wildman–Crippen MR) is 147 cm³/mol. The molecule has 2 aromatic carbocycles. The molecule has 0 radical (unpaired) electrons. The van der Waals surface area contributed by atoms with Crippen LogP contribution in [0.2, 0.25) is 0 Å². The van der Waals surface area contributed by atoms with Gasteiger partial charge in [-0.2, -0.15) is 5.10 Å². The number of methoxy groups -OCH3 is 1. The number of rotatable bonds is 9. The molecule has 0 atom stereocenters. The molecule has 198 valence electrons. The molecule has 0 aliphatic heterocycles. The lowest BCUT2D eigenvalue weighted by molar-refractivity contribution is 0.0923. The van der Waals surface area contributed by atoms with Crippen molar-refractivity contribution in [2.45, 2.75) is 46.8 Å².